The molecule has 9 nitrogen and oxygen atoms in total. The Morgan fingerprint density at radius 3 is 1.28 bits per heavy atom. The smallest absolute Gasteiger partial charge is 0.182 e. The Bertz CT molecular complexity index is 458. The maximum atomic E-state index is 11.8. The molecule has 0 aromatic rings. The van der Waals surface area contributed by atoms with E-state index < -0.39 is 60.4 Å². The normalized spacial score (nSPS) is 15.9. The van der Waals surface area contributed by atoms with Gasteiger partial charge in [-0.1, -0.05) is 0 Å². The Balaban J connectivity index is 5.48. The highest BCUT2D eigenvalue weighted by atomic mass is 16.7. The van der Waals surface area contributed by atoms with E-state index in [-0.39, 0.29) is 13.2 Å². The van der Waals surface area contributed by atoms with Gasteiger partial charge in [-0.15, -0.1) is 0 Å². The van der Waals surface area contributed by atoms with Crippen LogP contribution < -0.4 is 0 Å². The lowest BCUT2D eigenvalue weighted by molar-refractivity contribution is -0.329. The number of ether oxygens (including phenoxy) is 3. The quantitative estimate of drug-likeness (QED) is 0.394. The zero-order valence-electron chi connectivity index (χ0n) is 15.0. The minimum Gasteiger partial charge on any atom is -0.377 e. The predicted octanol–water partition coefficient (Wildman–Crippen LogP) is -0.450. The lowest BCUT2D eigenvalue weighted by Gasteiger charge is -2.36. The van der Waals surface area contributed by atoms with Crippen LogP contribution in [-0.4, -0.2) is 72.4 Å². The van der Waals surface area contributed by atoms with Crippen LogP contribution in [0, 0.1) is 0 Å². The maximum absolute atomic E-state index is 11.8. The molecule has 0 aliphatic carbocycles. The molecule has 2 atom stereocenters. The Morgan fingerprint density at radius 1 is 0.720 bits per heavy atom. The van der Waals surface area contributed by atoms with E-state index in [1.54, 1.807) is 0 Å². The van der Waals surface area contributed by atoms with E-state index in [1.807, 2.05) is 0 Å². The number of hydrogen-bond acceptors (Lipinski definition) is 9. The summed E-state index contributed by atoms with van der Waals surface area (Å²) in [6.45, 7) is 1.65. The van der Waals surface area contributed by atoms with Crippen molar-refractivity contribution in [1.29, 1.82) is 0 Å². The molecule has 9 heteroatoms. The second-order valence-electron chi connectivity index (χ2n) is 6.05. The molecule has 2 unspecified atom stereocenters. The van der Waals surface area contributed by atoms with Crippen LogP contribution >= 0.6 is 0 Å². The molecule has 0 aliphatic rings. The Morgan fingerprint density at radius 2 is 1.04 bits per heavy atom. The first kappa shape index (κ1) is 23.5. The number of aliphatic hydroxyl groups is 2. The van der Waals surface area contributed by atoms with Crippen molar-refractivity contribution in [2.24, 2.45) is 0 Å². The van der Waals surface area contributed by atoms with Crippen LogP contribution in [0.2, 0.25) is 0 Å². The summed E-state index contributed by atoms with van der Waals surface area (Å²) >= 11 is 0. The van der Waals surface area contributed by atoms with Crippen LogP contribution in [-0.2, 0) is 33.4 Å². The highest BCUT2D eigenvalue weighted by Gasteiger charge is 2.43. The van der Waals surface area contributed by atoms with E-state index >= 15 is 0 Å². The zero-order valence-corrected chi connectivity index (χ0v) is 15.0. The second-order valence-corrected chi connectivity index (χ2v) is 6.05. The van der Waals surface area contributed by atoms with Crippen molar-refractivity contribution < 1.29 is 43.6 Å². The Hall–Kier alpha value is -1.52. The Labute approximate surface area is 146 Å². The molecule has 25 heavy (non-hydrogen) atoms. The zero-order chi connectivity index (χ0) is 19.7. The minimum absolute atomic E-state index is 0.336. The summed E-state index contributed by atoms with van der Waals surface area (Å²) < 4.78 is 14.5. The Kier molecular flexibility index (Phi) is 9.83. The van der Waals surface area contributed by atoms with Gasteiger partial charge in [-0.05, 0) is 13.8 Å². The van der Waals surface area contributed by atoms with Gasteiger partial charge >= 0.3 is 0 Å². The van der Waals surface area contributed by atoms with Crippen molar-refractivity contribution in [2.75, 3.05) is 27.4 Å². The van der Waals surface area contributed by atoms with Crippen molar-refractivity contribution >= 4 is 23.1 Å². The van der Waals surface area contributed by atoms with Gasteiger partial charge in [0.1, 0.15) is 24.8 Å². The molecule has 0 aromatic heterocycles. The van der Waals surface area contributed by atoms with E-state index in [4.69, 9.17) is 4.74 Å². The fraction of sp³-hybridized carbons (Fsp3) is 0.750. The van der Waals surface area contributed by atoms with Crippen molar-refractivity contribution in [1.82, 2.24) is 0 Å². The molecular weight excluding hydrogens is 336 g/mol. The molecule has 0 spiro atoms. The second kappa shape index (κ2) is 10.5. The third-order valence-corrected chi connectivity index (χ3v) is 2.99. The molecule has 0 aromatic carbocycles. The third-order valence-electron chi connectivity index (χ3n) is 2.99. The monoisotopic (exact) mass is 362 g/mol. The van der Waals surface area contributed by atoms with Crippen LogP contribution in [0.3, 0.4) is 0 Å². The summed E-state index contributed by atoms with van der Waals surface area (Å²) in [5.41, 5.74) is 0. The van der Waals surface area contributed by atoms with Crippen LogP contribution in [0.5, 0.6) is 0 Å². The SMILES string of the molecule is COCC(=O)CC(O)(CC(C)=O)OC(O)(CC(C)=O)CC(=O)COC. The van der Waals surface area contributed by atoms with Crippen LogP contribution in [0.15, 0.2) is 0 Å². The largest absolute Gasteiger partial charge is 0.377 e. The number of carbonyl (C=O) groups excluding carboxylic acids is 4. The van der Waals surface area contributed by atoms with Crippen molar-refractivity contribution in [3.8, 4) is 0 Å². The molecule has 0 fully saturated rings. The first-order valence-corrected chi connectivity index (χ1v) is 7.60. The van der Waals surface area contributed by atoms with Gasteiger partial charge in [0, 0.05) is 14.2 Å². The predicted molar refractivity (Wildman–Crippen MR) is 84.6 cm³/mol. The molecule has 0 radical (unpaired) electrons. The number of methoxy groups -OCH3 is 2. The fourth-order valence-corrected chi connectivity index (χ4v) is 2.44. The van der Waals surface area contributed by atoms with E-state index in [9.17, 15) is 29.4 Å². The van der Waals surface area contributed by atoms with E-state index in [1.165, 1.54) is 14.2 Å². The summed E-state index contributed by atoms with van der Waals surface area (Å²) in [6.07, 6.45) is -2.53. The minimum atomic E-state index is -2.38. The summed E-state index contributed by atoms with van der Waals surface area (Å²) in [5.74, 6) is -6.95. The summed E-state index contributed by atoms with van der Waals surface area (Å²) in [5, 5.41) is 21.1. The van der Waals surface area contributed by atoms with E-state index in [2.05, 4.69) is 9.47 Å². The van der Waals surface area contributed by atoms with Gasteiger partial charge < -0.3 is 24.4 Å². The molecule has 0 saturated carbocycles. The molecular formula is C16H26O9. The summed E-state index contributed by atoms with van der Waals surface area (Å²) in [4.78, 5) is 46.3. The van der Waals surface area contributed by atoms with E-state index in [0.717, 1.165) is 13.8 Å². The highest BCUT2D eigenvalue weighted by Crippen LogP contribution is 2.29. The average Bonchev–Trinajstić information content (AvgIpc) is 2.34. The number of Topliss-reactive ketones (excluding diaryl/α,β-unsaturated/α-hetero) is 4. The van der Waals surface area contributed by atoms with E-state index in [0.29, 0.717) is 0 Å². The lowest BCUT2D eigenvalue weighted by atomic mass is 9.99. The first-order chi connectivity index (χ1) is 11.4. The molecule has 0 rings (SSSR count). The number of hydrogen-bond donors (Lipinski definition) is 2. The van der Waals surface area contributed by atoms with Gasteiger partial charge in [-0.2, -0.15) is 0 Å². The molecule has 0 bridgehead atoms. The maximum Gasteiger partial charge on any atom is 0.182 e. The molecule has 0 aliphatic heterocycles. The topological polar surface area (TPSA) is 136 Å². The third kappa shape index (κ3) is 10.1. The van der Waals surface area contributed by atoms with Crippen LogP contribution in [0.1, 0.15) is 39.5 Å². The average molecular weight is 362 g/mol. The van der Waals surface area contributed by atoms with Crippen LogP contribution in [0.25, 0.3) is 0 Å². The van der Waals surface area contributed by atoms with Crippen LogP contribution in [0.4, 0.5) is 0 Å². The standard InChI is InChI=1S/C16H26O9/c1-11(17)5-15(21,7-13(19)9-23-3)25-16(22,6-12(2)18)8-14(20)10-24-4/h21-22H,5-10H2,1-4H3. The molecule has 2 N–H and O–H groups in total. The molecule has 0 heterocycles. The summed E-state index contributed by atoms with van der Waals surface area (Å²) in [6, 6.07) is 0. The van der Waals surface area contributed by atoms with Crippen molar-refractivity contribution in [3.05, 3.63) is 0 Å². The van der Waals surface area contributed by atoms with Gasteiger partial charge in [-0.25, -0.2) is 0 Å². The molecule has 144 valence electrons. The van der Waals surface area contributed by atoms with Gasteiger partial charge in [-0.3, -0.25) is 19.2 Å². The van der Waals surface area contributed by atoms with Gasteiger partial charge in [0.2, 0.25) is 0 Å². The summed E-state index contributed by atoms with van der Waals surface area (Å²) in [7, 11) is 2.55. The molecule has 0 amide bonds. The lowest BCUT2D eigenvalue weighted by Crippen LogP contribution is -2.49. The fourth-order valence-electron chi connectivity index (χ4n) is 2.44. The van der Waals surface area contributed by atoms with Gasteiger partial charge in [0.25, 0.3) is 0 Å². The van der Waals surface area contributed by atoms with Gasteiger partial charge in [0.15, 0.2) is 23.1 Å². The van der Waals surface area contributed by atoms with Crippen molar-refractivity contribution in [3.63, 3.8) is 0 Å². The number of ketones is 4. The number of carbonyl (C=O) groups is 4. The first-order valence-electron chi connectivity index (χ1n) is 7.60. The molecule has 0 saturated heterocycles. The number of rotatable bonds is 14. The highest BCUT2D eigenvalue weighted by molar-refractivity contribution is 5.83. The van der Waals surface area contributed by atoms with Crippen molar-refractivity contribution in [2.45, 2.75) is 51.1 Å². The van der Waals surface area contributed by atoms with Gasteiger partial charge in [0.05, 0.1) is 25.7 Å².